The average molecular weight is 318 g/mol. The fourth-order valence-corrected chi connectivity index (χ4v) is 2.09. The Hall–Kier alpha value is -2.20. The Bertz CT molecular complexity index is 697. The minimum atomic E-state index is -0.576. The van der Waals surface area contributed by atoms with Crippen molar-refractivity contribution in [3.63, 3.8) is 0 Å². The third-order valence-corrected chi connectivity index (χ3v) is 3.51. The largest absolute Gasteiger partial charge is 0.365 e. The van der Waals surface area contributed by atoms with E-state index in [0.717, 1.165) is 0 Å². The molecule has 5 heteroatoms. The standard InChI is InChI=1S/C17H16ClNO3/c1-10(2)14-9-15(11(3)8-16(14)20)19-22-17(21)12-4-6-13(18)7-5-12/h4-10H,1-3H3. The molecule has 1 aromatic carbocycles. The van der Waals surface area contributed by atoms with Crippen LogP contribution >= 0.6 is 11.6 Å². The van der Waals surface area contributed by atoms with Crippen molar-refractivity contribution < 1.29 is 14.4 Å². The third kappa shape index (κ3) is 3.71. The Balaban J connectivity index is 2.18. The number of hydrogen-bond donors (Lipinski definition) is 0. The molecule has 22 heavy (non-hydrogen) atoms. The molecule has 2 rings (SSSR count). The summed E-state index contributed by atoms with van der Waals surface area (Å²) in [5.74, 6) is -0.530. The molecule has 0 bridgehead atoms. The first kappa shape index (κ1) is 16.2. The zero-order valence-electron chi connectivity index (χ0n) is 12.6. The van der Waals surface area contributed by atoms with Gasteiger partial charge in [0.1, 0.15) is 5.71 Å². The number of halogens is 1. The average Bonchev–Trinajstić information content (AvgIpc) is 2.46. The Morgan fingerprint density at radius 3 is 2.41 bits per heavy atom. The number of hydrogen-bond acceptors (Lipinski definition) is 4. The van der Waals surface area contributed by atoms with Gasteiger partial charge in [-0.15, -0.1) is 0 Å². The van der Waals surface area contributed by atoms with E-state index < -0.39 is 5.97 Å². The van der Waals surface area contributed by atoms with Gasteiger partial charge in [0, 0.05) is 10.6 Å². The van der Waals surface area contributed by atoms with Crippen LogP contribution in [0.15, 0.2) is 52.7 Å². The molecule has 0 amide bonds. The van der Waals surface area contributed by atoms with Crippen molar-refractivity contribution in [2.24, 2.45) is 11.1 Å². The summed E-state index contributed by atoms with van der Waals surface area (Å²) in [6, 6.07) is 6.33. The van der Waals surface area contributed by atoms with E-state index in [0.29, 0.717) is 27.4 Å². The van der Waals surface area contributed by atoms with Crippen LogP contribution in [0.2, 0.25) is 5.02 Å². The summed E-state index contributed by atoms with van der Waals surface area (Å²) in [4.78, 5) is 28.7. The minimum Gasteiger partial charge on any atom is -0.312 e. The molecule has 0 saturated carbocycles. The van der Waals surface area contributed by atoms with Crippen molar-refractivity contribution in [3.8, 4) is 0 Å². The van der Waals surface area contributed by atoms with Crippen LogP contribution in [-0.2, 0) is 9.63 Å². The number of nitrogens with zero attached hydrogens (tertiary/aromatic N) is 1. The summed E-state index contributed by atoms with van der Waals surface area (Å²) < 4.78 is 0. The van der Waals surface area contributed by atoms with Crippen LogP contribution in [0.4, 0.5) is 0 Å². The van der Waals surface area contributed by atoms with E-state index >= 15 is 0 Å². The molecule has 0 aliphatic heterocycles. The van der Waals surface area contributed by atoms with Gasteiger partial charge < -0.3 is 4.84 Å². The summed E-state index contributed by atoms with van der Waals surface area (Å²) in [5, 5.41) is 4.41. The van der Waals surface area contributed by atoms with Gasteiger partial charge in [-0.05, 0) is 54.8 Å². The maximum atomic E-state index is 11.9. The first-order valence-electron chi connectivity index (χ1n) is 6.88. The summed E-state index contributed by atoms with van der Waals surface area (Å²) >= 11 is 5.77. The van der Waals surface area contributed by atoms with Gasteiger partial charge in [0.2, 0.25) is 0 Å². The topological polar surface area (TPSA) is 55.7 Å². The predicted molar refractivity (Wildman–Crippen MR) is 86.0 cm³/mol. The highest BCUT2D eigenvalue weighted by Gasteiger charge is 2.19. The number of allylic oxidation sites excluding steroid dienone is 4. The van der Waals surface area contributed by atoms with E-state index in [1.165, 1.54) is 6.08 Å². The van der Waals surface area contributed by atoms with E-state index in [4.69, 9.17) is 16.4 Å². The first-order valence-corrected chi connectivity index (χ1v) is 7.25. The fraction of sp³-hybridized carbons (Fsp3) is 0.235. The molecule has 0 N–H and O–H groups in total. The maximum absolute atomic E-state index is 11.9. The van der Waals surface area contributed by atoms with Crippen LogP contribution in [0.1, 0.15) is 31.1 Å². The summed E-state index contributed by atoms with van der Waals surface area (Å²) in [7, 11) is 0. The molecular formula is C17H16ClNO3. The zero-order valence-corrected chi connectivity index (χ0v) is 13.3. The quantitative estimate of drug-likeness (QED) is 0.481. The molecule has 1 aromatic rings. The smallest absolute Gasteiger partial charge is 0.312 e. The Kier molecular flexibility index (Phi) is 4.93. The zero-order chi connectivity index (χ0) is 16.3. The highest BCUT2D eigenvalue weighted by Crippen LogP contribution is 2.19. The molecule has 0 fully saturated rings. The second-order valence-electron chi connectivity index (χ2n) is 5.31. The van der Waals surface area contributed by atoms with Crippen LogP contribution in [-0.4, -0.2) is 17.5 Å². The molecule has 0 atom stereocenters. The molecule has 0 unspecified atom stereocenters. The SMILES string of the molecule is CC1=CC(=O)C(C(C)C)=CC1=NOC(=O)c1ccc(Cl)cc1. The molecule has 4 nitrogen and oxygen atoms in total. The van der Waals surface area contributed by atoms with Crippen LogP contribution < -0.4 is 0 Å². The van der Waals surface area contributed by atoms with E-state index in [9.17, 15) is 9.59 Å². The van der Waals surface area contributed by atoms with Crippen molar-refractivity contribution in [3.05, 3.63) is 58.1 Å². The molecule has 1 aliphatic rings. The van der Waals surface area contributed by atoms with Crippen LogP contribution in [0.5, 0.6) is 0 Å². The van der Waals surface area contributed by atoms with Gasteiger partial charge in [0.05, 0.1) is 5.56 Å². The number of oxime groups is 1. The van der Waals surface area contributed by atoms with Crippen molar-refractivity contribution in [1.29, 1.82) is 0 Å². The van der Waals surface area contributed by atoms with Gasteiger partial charge in [-0.2, -0.15) is 0 Å². The van der Waals surface area contributed by atoms with Gasteiger partial charge in [-0.3, -0.25) is 4.79 Å². The number of carbonyl (C=O) groups excluding carboxylic acids is 2. The Morgan fingerprint density at radius 2 is 1.82 bits per heavy atom. The predicted octanol–water partition coefficient (Wildman–Crippen LogP) is 3.96. The van der Waals surface area contributed by atoms with Crippen molar-refractivity contribution in [2.45, 2.75) is 20.8 Å². The van der Waals surface area contributed by atoms with E-state index in [2.05, 4.69) is 5.16 Å². The van der Waals surface area contributed by atoms with Gasteiger partial charge >= 0.3 is 5.97 Å². The highest BCUT2D eigenvalue weighted by atomic mass is 35.5. The second-order valence-corrected chi connectivity index (χ2v) is 5.74. The Morgan fingerprint density at radius 1 is 1.18 bits per heavy atom. The van der Waals surface area contributed by atoms with E-state index in [-0.39, 0.29) is 11.7 Å². The first-order chi connectivity index (χ1) is 10.4. The fourth-order valence-electron chi connectivity index (χ4n) is 1.97. The molecule has 0 saturated heterocycles. The lowest BCUT2D eigenvalue weighted by atomic mass is 9.90. The van der Waals surface area contributed by atoms with Crippen LogP contribution in [0, 0.1) is 5.92 Å². The van der Waals surface area contributed by atoms with Crippen LogP contribution in [0.25, 0.3) is 0 Å². The van der Waals surface area contributed by atoms with Gasteiger partial charge in [0.25, 0.3) is 0 Å². The lowest BCUT2D eigenvalue weighted by molar-refractivity contribution is -0.111. The van der Waals surface area contributed by atoms with E-state index in [1.54, 1.807) is 37.3 Å². The van der Waals surface area contributed by atoms with Crippen LogP contribution in [0.3, 0.4) is 0 Å². The number of carbonyl (C=O) groups is 2. The lowest BCUT2D eigenvalue weighted by Crippen LogP contribution is -2.16. The third-order valence-electron chi connectivity index (χ3n) is 3.26. The Labute approximate surface area is 134 Å². The van der Waals surface area contributed by atoms with E-state index in [1.807, 2.05) is 13.8 Å². The molecule has 0 spiro atoms. The van der Waals surface area contributed by atoms with Gasteiger partial charge in [-0.1, -0.05) is 30.6 Å². The molecular weight excluding hydrogens is 302 g/mol. The minimum absolute atomic E-state index is 0.0320. The van der Waals surface area contributed by atoms with Gasteiger partial charge in [0.15, 0.2) is 5.78 Å². The number of rotatable bonds is 3. The molecule has 0 aromatic heterocycles. The monoisotopic (exact) mass is 317 g/mol. The highest BCUT2D eigenvalue weighted by molar-refractivity contribution is 6.30. The normalized spacial score (nSPS) is 16.6. The lowest BCUT2D eigenvalue weighted by Gasteiger charge is -2.14. The number of benzene rings is 1. The van der Waals surface area contributed by atoms with Crippen molar-refractivity contribution >= 4 is 29.1 Å². The second kappa shape index (κ2) is 6.71. The number of ketones is 1. The summed E-state index contributed by atoms with van der Waals surface area (Å²) in [6.45, 7) is 5.60. The van der Waals surface area contributed by atoms with Gasteiger partial charge in [-0.25, -0.2) is 4.79 Å². The maximum Gasteiger partial charge on any atom is 0.365 e. The molecule has 1 aliphatic carbocycles. The summed E-state index contributed by atoms with van der Waals surface area (Å²) in [5.41, 5.74) is 2.14. The van der Waals surface area contributed by atoms with Crippen molar-refractivity contribution in [1.82, 2.24) is 0 Å². The molecule has 0 radical (unpaired) electrons. The molecule has 114 valence electrons. The molecule has 0 heterocycles. The summed E-state index contributed by atoms with van der Waals surface area (Å²) in [6.07, 6.45) is 3.17. The van der Waals surface area contributed by atoms with Crippen molar-refractivity contribution in [2.75, 3.05) is 0 Å².